The molecule has 0 amide bonds. The summed E-state index contributed by atoms with van der Waals surface area (Å²) in [7, 11) is 0. The van der Waals surface area contributed by atoms with Crippen LogP contribution in [-0.4, -0.2) is 6.04 Å². The lowest BCUT2D eigenvalue weighted by molar-refractivity contribution is 0.286. The molecule has 0 spiro atoms. The predicted octanol–water partition coefficient (Wildman–Crippen LogP) is 4.64. The first kappa shape index (κ1) is 11.8. The van der Waals surface area contributed by atoms with E-state index in [0.29, 0.717) is 6.04 Å². The number of benzene rings is 1. The van der Waals surface area contributed by atoms with Gasteiger partial charge < -0.3 is 5.32 Å². The molecule has 1 N–H and O–H groups in total. The zero-order valence-corrected chi connectivity index (χ0v) is 10.8. The third-order valence-corrected chi connectivity index (χ3v) is 3.90. The molecule has 2 heteroatoms. The van der Waals surface area contributed by atoms with Gasteiger partial charge in [-0.2, -0.15) is 0 Å². The second-order valence-corrected chi connectivity index (χ2v) is 5.45. The van der Waals surface area contributed by atoms with Crippen molar-refractivity contribution >= 4 is 17.3 Å². The van der Waals surface area contributed by atoms with Crippen LogP contribution >= 0.6 is 11.6 Å². The molecule has 0 heterocycles. The second-order valence-electron chi connectivity index (χ2n) is 5.04. The first-order valence-corrected chi connectivity index (χ1v) is 6.55. The van der Waals surface area contributed by atoms with Crippen LogP contribution in [0.5, 0.6) is 0 Å². The number of nitrogens with one attached hydrogen (secondary N) is 1. The highest BCUT2D eigenvalue weighted by atomic mass is 35.5. The van der Waals surface area contributed by atoms with Crippen molar-refractivity contribution in [2.24, 2.45) is 5.92 Å². The van der Waals surface area contributed by atoms with Crippen molar-refractivity contribution in [3.8, 4) is 0 Å². The molecule has 0 aromatic heterocycles. The predicted molar refractivity (Wildman–Crippen MR) is 71.2 cm³/mol. The third kappa shape index (κ3) is 2.91. The molecule has 0 radical (unpaired) electrons. The standard InChI is InChI=1S/C14H20ClN/c1-10-6-7-13(9-14(10)15)16-11(2)8-12-4-3-5-12/h6-7,9,11-12,16H,3-5,8H2,1-2H3. The van der Waals surface area contributed by atoms with Gasteiger partial charge in [-0.15, -0.1) is 0 Å². The Hall–Kier alpha value is -0.690. The molecule has 88 valence electrons. The number of halogens is 1. The highest BCUT2D eigenvalue weighted by molar-refractivity contribution is 6.31. The van der Waals surface area contributed by atoms with Crippen LogP contribution in [0, 0.1) is 12.8 Å². The topological polar surface area (TPSA) is 12.0 Å². The van der Waals surface area contributed by atoms with E-state index in [1.54, 1.807) is 0 Å². The van der Waals surface area contributed by atoms with Crippen molar-refractivity contribution < 1.29 is 0 Å². The molecule has 1 atom stereocenters. The SMILES string of the molecule is Cc1ccc(NC(C)CC2CCC2)cc1Cl. The van der Waals surface area contributed by atoms with Crippen LogP contribution in [0.1, 0.15) is 38.2 Å². The van der Waals surface area contributed by atoms with Crippen LogP contribution in [0.4, 0.5) is 5.69 Å². The van der Waals surface area contributed by atoms with Crippen molar-refractivity contribution in [2.75, 3.05) is 5.32 Å². The number of hydrogen-bond acceptors (Lipinski definition) is 1. The second kappa shape index (κ2) is 5.09. The fraction of sp³-hybridized carbons (Fsp3) is 0.571. The number of anilines is 1. The number of rotatable bonds is 4. The molecular weight excluding hydrogens is 218 g/mol. The van der Waals surface area contributed by atoms with Crippen LogP contribution in [0.25, 0.3) is 0 Å². The summed E-state index contributed by atoms with van der Waals surface area (Å²) in [6.07, 6.45) is 5.54. The lowest BCUT2D eigenvalue weighted by Gasteiger charge is -2.29. The van der Waals surface area contributed by atoms with Crippen LogP contribution in [0.2, 0.25) is 5.02 Å². The first-order chi connectivity index (χ1) is 7.65. The van der Waals surface area contributed by atoms with Crippen molar-refractivity contribution in [1.29, 1.82) is 0 Å². The molecule has 0 aliphatic heterocycles. The fourth-order valence-electron chi connectivity index (χ4n) is 2.25. The van der Waals surface area contributed by atoms with Gasteiger partial charge >= 0.3 is 0 Å². The molecule has 16 heavy (non-hydrogen) atoms. The van der Waals surface area contributed by atoms with Gasteiger partial charge in [0.2, 0.25) is 0 Å². The Morgan fingerprint density at radius 1 is 1.44 bits per heavy atom. The molecular formula is C14H20ClN. The summed E-state index contributed by atoms with van der Waals surface area (Å²) in [5.41, 5.74) is 2.28. The molecule has 1 fully saturated rings. The Morgan fingerprint density at radius 2 is 2.19 bits per heavy atom. The lowest BCUT2D eigenvalue weighted by atomic mass is 9.81. The average Bonchev–Trinajstić information content (AvgIpc) is 2.18. The summed E-state index contributed by atoms with van der Waals surface area (Å²) in [6.45, 7) is 4.29. The molecule has 1 aliphatic carbocycles. The van der Waals surface area contributed by atoms with E-state index in [1.807, 2.05) is 13.0 Å². The van der Waals surface area contributed by atoms with Gasteiger partial charge in [0.05, 0.1) is 0 Å². The highest BCUT2D eigenvalue weighted by Gasteiger charge is 2.19. The summed E-state index contributed by atoms with van der Waals surface area (Å²) in [6, 6.07) is 6.75. The van der Waals surface area contributed by atoms with Gasteiger partial charge in [-0.25, -0.2) is 0 Å². The minimum absolute atomic E-state index is 0.545. The monoisotopic (exact) mass is 237 g/mol. The van der Waals surface area contributed by atoms with E-state index in [9.17, 15) is 0 Å². The summed E-state index contributed by atoms with van der Waals surface area (Å²) in [5, 5.41) is 4.37. The van der Waals surface area contributed by atoms with E-state index >= 15 is 0 Å². The van der Waals surface area contributed by atoms with Gasteiger partial charge in [0.15, 0.2) is 0 Å². The molecule has 1 aromatic rings. The molecule has 1 aliphatic rings. The van der Waals surface area contributed by atoms with Gasteiger partial charge in [0, 0.05) is 16.8 Å². The molecule has 0 saturated heterocycles. The molecule has 1 saturated carbocycles. The average molecular weight is 238 g/mol. The van der Waals surface area contributed by atoms with E-state index < -0.39 is 0 Å². The molecule has 0 bridgehead atoms. The van der Waals surface area contributed by atoms with Crippen LogP contribution in [-0.2, 0) is 0 Å². The molecule has 2 rings (SSSR count). The summed E-state index contributed by atoms with van der Waals surface area (Å²) in [4.78, 5) is 0. The number of hydrogen-bond donors (Lipinski definition) is 1. The fourth-order valence-corrected chi connectivity index (χ4v) is 2.44. The van der Waals surface area contributed by atoms with Crippen molar-refractivity contribution in [3.63, 3.8) is 0 Å². The van der Waals surface area contributed by atoms with Gasteiger partial charge in [-0.3, -0.25) is 0 Å². The van der Waals surface area contributed by atoms with Crippen molar-refractivity contribution in [3.05, 3.63) is 28.8 Å². The first-order valence-electron chi connectivity index (χ1n) is 6.18. The van der Waals surface area contributed by atoms with Crippen LogP contribution < -0.4 is 5.32 Å². The largest absolute Gasteiger partial charge is 0.383 e. The van der Waals surface area contributed by atoms with E-state index in [1.165, 1.54) is 25.7 Å². The van der Waals surface area contributed by atoms with Gasteiger partial charge in [-0.1, -0.05) is 36.9 Å². The molecule has 1 unspecified atom stereocenters. The highest BCUT2D eigenvalue weighted by Crippen LogP contribution is 2.31. The van der Waals surface area contributed by atoms with Gasteiger partial charge in [-0.05, 0) is 43.9 Å². The van der Waals surface area contributed by atoms with Crippen LogP contribution in [0.15, 0.2) is 18.2 Å². The van der Waals surface area contributed by atoms with Gasteiger partial charge in [0.25, 0.3) is 0 Å². The lowest BCUT2D eigenvalue weighted by Crippen LogP contribution is -2.23. The number of aryl methyl sites for hydroxylation is 1. The Kier molecular flexibility index (Phi) is 3.75. The summed E-state index contributed by atoms with van der Waals surface area (Å²) in [5.74, 6) is 0.948. The Bertz CT molecular complexity index is 358. The maximum absolute atomic E-state index is 6.10. The summed E-state index contributed by atoms with van der Waals surface area (Å²) >= 11 is 6.10. The van der Waals surface area contributed by atoms with Gasteiger partial charge in [0.1, 0.15) is 0 Å². The Labute approximate surface area is 103 Å². The maximum Gasteiger partial charge on any atom is 0.0455 e. The van der Waals surface area contributed by atoms with Crippen LogP contribution in [0.3, 0.4) is 0 Å². The quantitative estimate of drug-likeness (QED) is 0.805. The molecule has 1 aromatic carbocycles. The Morgan fingerprint density at radius 3 is 2.75 bits per heavy atom. The zero-order chi connectivity index (χ0) is 11.5. The van der Waals surface area contributed by atoms with E-state index in [-0.39, 0.29) is 0 Å². The normalized spacial score (nSPS) is 17.9. The Balaban J connectivity index is 1.89. The van der Waals surface area contributed by atoms with E-state index in [4.69, 9.17) is 11.6 Å². The van der Waals surface area contributed by atoms with Crippen molar-refractivity contribution in [2.45, 2.75) is 45.6 Å². The molecule has 1 nitrogen and oxygen atoms in total. The summed E-state index contributed by atoms with van der Waals surface area (Å²) < 4.78 is 0. The maximum atomic E-state index is 6.10. The third-order valence-electron chi connectivity index (χ3n) is 3.50. The smallest absolute Gasteiger partial charge is 0.0455 e. The minimum Gasteiger partial charge on any atom is -0.383 e. The zero-order valence-electron chi connectivity index (χ0n) is 10.1. The van der Waals surface area contributed by atoms with E-state index in [2.05, 4.69) is 24.4 Å². The van der Waals surface area contributed by atoms with E-state index in [0.717, 1.165) is 22.2 Å². The van der Waals surface area contributed by atoms with Crippen molar-refractivity contribution in [1.82, 2.24) is 0 Å². The minimum atomic E-state index is 0.545.